The predicted octanol–water partition coefficient (Wildman–Crippen LogP) is 1.95. The third kappa shape index (κ3) is 1.47. The number of alkyl halides is 1. The van der Waals surface area contributed by atoms with E-state index in [1.165, 1.54) is 0 Å². The molecule has 5 atom stereocenters. The summed E-state index contributed by atoms with van der Waals surface area (Å²) in [5.41, 5.74) is 0. The maximum Gasteiger partial charge on any atom is 0.410 e. The van der Waals surface area contributed by atoms with Gasteiger partial charge in [0, 0.05) is 6.04 Å². The summed E-state index contributed by atoms with van der Waals surface area (Å²) in [6.07, 6.45) is 3.62. The van der Waals surface area contributed by atoms with Gasteiger partial charge in [0.15, 0.2) is 0 Å². The predicted molar refractivity (Wildman–Crippen MR) is 66.8 cm³/mol. The molecule has 0 aromatic carbocycles. The molecule has 1 amide bonds. The van der Waals surface area contributed by atoms with Gasteiger partial charge in [0.25, 0.3) is 0 Å². The van der Waals surface area contributed by atoms with Crippen LogP contribution in [0.5, 0.6) is 0 Å². The molecular weight excluding hydrogens is 321 g/mol. The molecule has 4 nitrogen and oxygen atoms in total. The lowest BCUT2D eigenvalue weighted by molar-refractivity contribution is 0.0182. The zero-order chi connectivity index (χ0) is 11.3. The van der Waals surface area contributed by atoms with Gasteiger partial charge in [-0.1, -0.05) is 22.6 Å². The van der Waals surface area contributed by atoms with Crippen LogP contribution in [0.1, 0.15) is 26.2 Å². The minimum Gasteiger partial charge on any atom is -0.450 e. The molecule has 3 aliphatic heterocycles. The van der Waals surface area contributed by atoms with Crippen LogP contribution in [0.15, 0.2) is 0 Å². The Hall–Kier alpha value is -0.0400. The topological polar surface area (TPSA) is 38.8 Å². The van der Waals surface area contributed by atoms with E-state index in [9.17, 15) is 4.79 Å². The molecule has 3 heterocycles. The number of nitrogens with zero attached hydrogens (tertiary/aromatic N) is 1. The number of amides is 1. The number of rotatable bonds is 1. The highest BCUT2D eigenvalue weighted by Crippen LogP contribution is 2.46. The SMILES string of the molecule is CCOC(=O)N1[C@H]2CC[C@@H]3O[C@@H](C[C@@H]31)[C@@H]2I. The van der Waals surface area contributed by atoms with Gasteiger partial charge >= 0.3 is 6.09 Å². The molecule has 0 aromatic rings. The largest absolute Gasteiger partial charge is 0.450 e. The van der Waals surface area contributed by atoms with Crippen LogP contribution in [0.3, 0.4) is 0 Å². The second kappa shape index (κ2) is 4.01. The van der Waals surface area contributed by atoms with Crippen LogP contribution in [0.4, 0.5) is 4.79 Å². The van der Waals surface area contributed by atoms with Gasteiger partial charge in [0.05, 0.1) is 28.8 Å². The molecule has 3 bridgehead atoms. The van der Waals surface area contributed by atoms with E-state index in [-0.39, 0.29) is 18.2 Å². The Balaban J connectivity index is 1.86. The molecule has 0 aromatic heterocycles. The minimum atomic E-state index is -0.146. The van der Waals surface area contributed by atoms with E-state index in [1.807, 2.05) is 11.8 Å². The Bertz CT molecular complexity index is 312. The summed E-state index contributed by atoms with van der Waals surface area (Å²) < 4.78 is 11.6. The average molecular weight is 337 g/mol. The van der Waals surface area contributed by atoms with E-state index in [0.717, 1.165) is 19.3 Å². The number of carbonyl (C=O) groups is 1. The van der Waals surface area contributed by atoms with Crippen molar-refractivity contribution in [2.45, 2.75) is 54.4 Å². The maximum atomic E-state index is 12.0. The van der Waals surface area contributed by atoms with Crippen molar-refractivity contribution in [1.29, 1.82) is 0 Å². The van der Waals surface area contributed by atoms with E-state index in [2.05, 4.69) is 22.6 Å². The van der Waals surface area contributed by atoms with Crippen LogP contribution in [0.25, 0.3) is 0 Å². The molecule has 3 saturated heterocycles. The van der Waals surface area contributed by atoms with Gasteiger partial charge in [-0.3, -0.25) is 4.90 Å². The van der Waals surface area contributed by atoms with Crippen LogP contribution in [-0.2, 0) is 9.47 Å². The number of hydrogen-bond donors (Lipinski definition) is 0. The van der Waals surface area contributed by atoms with Crippen molar-refractivity contribution in [3.8, 4) is 0 Å². The van der Waals surface area contributed by atoms with Gasteiger partial charge in [0.1, 0.15) is 0 Å². The van der Waals surface area contributed by atoms with Gasteiger partial charge in [-0.05, 0) is 26.2 Å². The fraction of sp³-hybridized carbons (Fsp3) is 0.909. The summed E-state index contributed by atoms with van der Waals surface area (Å²) >= 11 is 2.44. The lowest BCUT2D eigenvalue weighted by Gasteiger charge is -2.45. The van der Waals surface area contributed by atoms with Crippen LogP contribution < -0.4 is 0 Å². The molecule has 16 heavy (non-hydrogen) atoms. The summed E-state index contributed by atoms with van der Waals surface area (Å²) in [4.78, 5) is 13.9. The first kappa shape index (κ1) is 11.1. The van der Waals surface area contributed by atoms with Crippen molar-refractivity contribution in [3.05, 3.63) is 0 Å². The van der Waals surface area contributed by atoms with Crippen LogP contribution >= 0.6 is 22.6 Å². The molecule has 0 radical (unpaired) electrons. The highest BCUT2D eigenvalue weighted by molar-refractivity contribution is 14.1. The second-order valence-electron chi connectivity index (χ2n) is 4.71. The zero-order valence-corrected chi connectivity index (χ0v) is 11.4. The Labute approximate surface area is 109 Å². The molecule has 0 saturated carbocycles. The number of halogens is 1. The third-order valence-electron chi connectivity index (χ3n) is 3.92. The lowest BCUT2D eigenvalue weighted by atomic mass is 9.85. The quantitative estimate of drug-likeness (QED) is 0.542. The normalized spacial score (nSPS) is 44.9. The van der Waals surface area contributed by atoms with Crippen molar-refractivity contribution in [1.82, 2.24) is 4.90 Å². The smallest absolute Gasteiger partial charge is 0.410 e. The van der Waals surface area contributed by atoms with Crippen molar-refractivity contribution >= 4 is 28.7 Å². The standard InChI is InChI=1S/C11H16INO3/c1-2-15-11(14)13-6-3-4-8-7(13)5-9(16-8)10(6)12/h6-10H,2-5H2,1H3/t6-,7-,8-,9-,10+/m0/s1. The van der Waals surface area contributed by atoms with Crippen molar-refractivity contribution < 1.29 is 14.3 Å². The van der Waals surface area contributed by atoms with Crippen LogP contribution in [0, 0.1) is 0 Å². The summed E-state index contributed by atoms with van der Waals surface area (Å²) in [6.45, 7) is 2.31. The second-order valence-corrected chi connectivity index (χ2v) is 6.15. The van der Waals surface area contributed by atoms with Gasteiger partial charge in [-0.2, -0.15) is 0 Å². The third-order valence-corrected chi connectivity index (χ3v) is 5.55. The number of ether oxygens (including phenoxy) is 2. The molecule has 90 valence electrons. The monoisotopic (exact) mass is 337 g/mol. The molecule has 3 rings (SSSR count). The fourth-order valence-electron chi connectivity index (χ4n) is 3.27. The van der Waals surface area contributed by atoms with Gasteiger partial charge in [0.2, 0.25) is 0 Å². The van der Waals surface area contributed by atoms with Crippen molar-refractivity contribution in [3.63, 3.8) is 0 Å². The molecular formula is C11H16INO3. The summed E-state index contributed by atoms with van der Waals surface area (Å²) in [6, 6.07) is 0.593. The number of carbonyl (C=O) groups excluding carboxylic acids is 1. The van der Waals surface area contributed by atoms with E-state index in [4.69, 9.17) is 9.47 Å². The Morgan fingerprint density at radius 3 is 3.00 bits per heavy atom. The first-order chi connectivity index (χ1) is 7.72. The first-order valence-corrected chi connectivity index (χ1v) is 7.21. The molecule has 0 unspecified atom stereocenters. The van der Waals surface area contributed by atoms with Crippen molar-refractivity contribution in [2.24, 2.45) is 0 Å². The van der Waals surface area contributed by atoms with Crippen LogP contribution in [0.2, 0.25) is 0 Å². The first-order valence-electron chi connectivity index (χ1n) is 5.97. The number of hydrogen-bond acceptors (Lipinski definition) is 3. The summed E-state index contributed by atoms with van der Waals surface area (Å²) in [5, 5.41) is 0. The molecule has 0 spiro atoms. The van der Waals surface area contributed by atoms with Gasteiger partial charge < -0.3 is 9.47 Å². The Morgan fingerprint density at radius 1 is 1.44 bits per heavy atom. The molecule has 0 N–H and O–H groups in total. The van der Waals surface area contributed by atoms with Crippen LogP contribution in [-0.4, -0.2) is 45.8 Å². The fourth-order valence-corrected chi connectivity index (χ4v) is 4.44. The number of fused-ring (bicyclic) bond motifs is 2. The Morgan fingerprint density at radius 2 is 2.25 bits per heavy atom. The van der Waals surface area contributed by atoms with E-state index < -0.39 is 0 Å². The van der Waals surface area contributed by atoms with E-state index in [0.29, 0.717) is 22.7 Å². The highest BCUT2D eigenvalue weighted by atomic mass is 127. The van der Waals surface area contributed by atoms with E-state index in [1.54, 1.807) is 0 Å². The lowest BCUT2D eigenvalue weighted by Crippen LogP contribution is -2.59. The van der Waals surface area contributed by atoms with Gasteiger partial charge in [-0.15, -0.1) is 0 Å². The van der Waals surface area contributed by atoms with Crippen molar-refractivity contribution in [2.75, 3.05) is 6.61 Å². The zero-order valence-electron chi connectivity index (χ0n) is 9.27. The average Bonchev–Trinajstić information content (AvgIpc) is 2.59. The van der Waals surface area contributed by atoms with Gasteiger partial charge in [-0.25, -0.2) is 4.79 Å². The highest BCUT2D eigenvalue weighted by Gasteiger charge is 2.56. The number of piperidine rings is 2. The maximum absolute atomic E-state index is 12.0. The molecule has 5 heteroatoms. The molecule has 3 fully saturated rings. The summed E-state index contributed by atoms with van der Waals surface area (Å²) in [7, 11) is 0. The minimum absolute atomic E-state index is 0.146. The summed E-state index contributed by atoms with van der Waals surface area (Å²) in [5.74, 6) is 0. The molecule has 0 aliphatic carbocycles. The molecule has 3 aliphatic rings. The van der Waals surface area contributed by atoms with E-state index >= 15 is 0 Å². The Kier molecular flexibility index (Phi) is 2.78.